The predicted molar refractivity (Wildman–Crippen MR) is 240 cm³/mol. The van der Waals surface area contributed by atoms with Crippen LogP contribution in [0.15, 0.2) is 109 Å². The van der Waals surface area contributed by atoms with Crippen LogP contribution in [0.2, 0.25) is 0 Å². The molecule has 2 aliphatic rings. The van der Waals surface area contributed by atoms with Gasteiger partial charge in [-0.3, -0.25) is 0 Å². The van der Waals surface area contributed by atoms with Gasteiger partial charge in [0.15, 0.2) is 0 Å². The molecule has 0 spiro atoms. The van der Waals surface area contributed by atoms with E-state index >= 15 is 0 Å². The fourth-order valence-corrected chi connectivity index (χ4v) is 10.2. The summed E-state index contributed by atoms with van der Waals surface area (Å²) in [4.78, 5) is 0. The highest BCUT2D eigenvalue weighted by Crippen LogP contribution is 2.44. The molecule has 2 aliphatic heterocycles. The fourth-order valence-electron chi connectivity index (χ4n) is 10.2. The van der Waals surface area contributed by atoms with E-state index in [-0.39, 0.29) is 12.1 Å². The Kier molecular flexibility index (Phi) is 7.61. The van der Waals surface area contributed by atoms with Crippen molar-refractivity contribution in [1.82, 2.24) is 4.57 Å². The second kappa shape index (κ2) is 12.3. The molecule has 0 N–H and O–H groups in total. The standard InChI is InChI=1S/C53H45BN2O/c1-29-18-31(3)49(32(4)19-29)37-14-17-45-41(22-37)42-23-39(50-33(5)20-30(2)21-34(50)6)24-44-52(42)56(45)46-25-38(36-12-10-35(28-55)11-13-36)26-48-51(46)54(44)43-16-15-40(53(7,8)9)27-47(43)57-48/h10-27H,1-9H3. The van der Waals surface area contributed by atoms with Gasteiger partial charge in [0, 0.05) is 22.0 Å². The van der Waals surface area contributed by atoms with Gasteiger partial charge in [-0.1, -0.05) is 92.6 Å². The van der Waals surface area contributed by atoms with Crippen LogP contribution >= 0.6 is 0 Å². The van der Waals surface area contributed by atoms with Crippen molar-refractivity contribution in [2.45, 2.75) is 67.7 Å². The third kappa shape index (κ3) is 5.33. The molecule has 3 heterocycles. The molecule has 10 rings (SSSR count). The van der Waals surface area contributed by atoms with Crippen LogP contribution in [0.25, 0.3) is 60.9 Å². The number of nitriles is 1. The lowest BCUT2D eigenvalue weighted by Gasteiger charge is -2.35. The second-order valence-electron chi connectivity index (χ2n) is 17.7. The maximum atomic E-state index is 9.60. The van der Waals surface area contributed by atoms with Gasteiger partial charge in [0.25, 0.3) is 6.71 Å². The average molecular weight is 737 g/mol. The normalized spacial score (nSPS) is 12.7. The minimum absolute atomic E-state index is 0.0332. The molecule has 0 fully saturated rings. The van der Waals surface area contributed by atoms with Crippen molar-refractivity contribution in [3.05, 3.63) is 154 Å². The quantitative estimate of drug-likeness (QED) is 0.169. The maximum Gasteiger partial charge on any atom is 0.256 e. The summed E-state index contributed by atoms with van der Waals surface area (Å²) in [5, 5.41) is 12.1. The van der Waals surface area contributed by atoms with Crippen molar-refractivity contribution in [3.8, 4) is 56.6 Å². The summed E-state index contributed by atoms with van der Waals surface area (Å²) < 4.78 is 9.59. The average Bonchev–Trinajstić information content (AvgIpc) is 3.48. The lowest BCUT2D eigenvalue weighted by Crippen LogP contribution is -2.58. The highest BCUT2D eigenvalue weighted by atomic mass is 16.5. The number of hydrogen-bond donors (Lipinski definition) is 0. The van der Waals surface area contributed by atoms with E-state index in [1.54, 1.807) is 0 Å². The number of rotatable bonds is 3. The first kappa shape index (κ1) is 35.1. The van der Waals surface area contributed by atoms with Crippen molar-refractivity contribution < 1.29 is 4.74 Å². The zero-order valence-corrected chi connectivity index (χ0v) is 34.3. The molecular formula is C53H45BN2O. The molecule has 0 saturated carbocycles. The topological polar surface area (TPSA) is 38.0 Å². The van der Waals surface area contributed by atoms with Crippen LogP contribution < -0.4 is 21.1 Å². The molecule has 0 aliphatic carbocycles. The van der Waals surface area contributed by atoms with Crippen LogP contribution in [0.1, 0.15) is 65.3 Å². The van der Waals surface area contributed by atoms with E-state index < -0.39 is 0 Å². The van der Waals surface area contributed by atoms with Crippen molar-refractivity contribution in [1.29, 1.82) is 5.26 Å². The summed E-state index contributed by atoms with van der Waals surface area (Å²) in [7, 11) is 0. The Morgan fingerprint density at radius 3 is 1.81 bits per heavy atom. The van der Waals surface area contributed by atoms with Gasteiger partial charge in [0.05, 0.1) is 17.1 Å². The Hall–Kier alpha value is -6.31. The Labute approximate surface area is 336 Å². The number of aryl methyl sites for hydroxylation is 6. The summed E-state index contributed by atoms with van der Waals surface area (Å²) >= 11 is 0. The smallest absolute Gasteiger partial charge is 0.256 e. The van der Waals surface area contributed by atoms with Gasteiger partial charge in [-0.25, -0.2) is 0 Å². The molecule has 57 heavy (non-hydrogen) atoms. The Morgan fingerprint density at radius 2 is 1.18 bits per heavy atom. The van der Waals surface area contributed by atoms with E-state index in [1.807, 2.05) is 12.1 Å². The van der Waals surface area contributed by atoms with Crippen molar-refractivity contribution in [2.24, 2.45) is 0 Å². The maximum absolute atomic E-state index is 9.60. The highest BCUT2D eigenvalue weighted by Gasteiger charge is 2.41. The summed E-state index contributed by atoms with van der Waals surface area (Å²) in [6.07, 6.45) is 0. The molecule has 0 radical (unpaired) electrons. The van der Waals surface area contributed by atoms with E-state index in [9.17, 15) is 5.26 Å². The van der Waals surface area contributed by atoms with Crippen LogP contribution in [0, 0.1) is 52.9 Å². The summed E-state index contributed by atoms with van der Waals surface area (Å²) in [5.74, 6) is 1.80. The molecule has 3 nitrogen and oxygen atoms in total. The molecule has 4 heteroatoms. The van der Waals surface area contributed by atoms with Gasteiger partial charge in [0.1, 0.15) is 11.5 Å². The van der Waals surface area contributed by atoms with Gasteiger partial charge in [-0.05, 0) is 173 Å². The zero-order chi connectivity index (χ0) is 39.7. The Bertz CT molecular complexity index is 3050. The van der Waals surface area contributed by atoms with E-state index in [2.05, 4.69) is 170 Å². The van der Waals surface area contributed by atoms with Gasteiger partial charge in [-0.15, -0.1) is 0 Å². The molecular weight excluding hydrogens is 691 g/mol. The second-order valence-corrected chi connectivity index (χ2v) is 17.7. The van der Waals surface area contributed by atoms with Crippen LogP contribution in [0.3, 0.4) is 0 Å². The molecule has 0 atom stereocenters. The molecule has 7 aromatic carbocycles. The van der Waals surface area contributed by atoms with E-state index in [0.717, 1.165) is 28.3 Å². The van der Waals surface area contributed by atoms with E-state index in [0.29, 0.717) is 5.56 Å². The molecule has 8 aromatic rings. The third-order valence-corrected chi connectivity index (χ3v) is 12.5. The van der Waals surface area contributed by atoms with Gasteiger partial charge in [-0.2, -0.15) is 5.26 Å². The van der Waals surface area contributed by atoms with Crippen LogP contribution in [0.4, 0.5) is 0 Å². The first-order valence-electron chi connectivity index (χ1n) is 20.1. The molecule has 0 unspecified atom stereocenters. The Morgan fingerprint density at radius 1 is 0.561 bits per heavy atom. The zero-order valence-electron chi connectivity index (χ0n) is 34.3. The largest absolute Gasteiger partial charge is 0.458 e. The fraction of sp³-hybridized carbons (Fsp3) is 0.189. The van der Waals surface area contributed by atoms with E-state index in [4.69, 9.17) is 4.74 Å². The number of fused-ring (bicyclic) bond motifs is 7. The summed E-state index contributed by atoms with van der Waals surface area (Å²) in [5.41, 5.74) is 24.1. The van der Waals surface area contributed by atoms with Crippen molar-refractivity contribution in [2.75, 3.05) is 0 Å². The minimum Gasteiger partial charge on any atom is -0.458 e. The number of hydrogen-bond acceptors (Lipinski definition) is 2. The molecule has 1 aromatic heterocycles. The number of benzene rings is 7. The lowest BCUT2D eigenvalue weighted by molar-refractivity contribution is 0.483. The summed E-state index contributed by atoms with van der Waals surface area (Å²) in [6, 6.07) is 42.9. The van der Waals surface area contributed by atoms with Gasteiger partial charge in [0.2, 0.25) is 0 Å². The van der Waals surface area contributed by atoms with Crippen molar-refractivity contribution >= 4 is 44.9 Å². The number of nitrogens with zero attached hydrogens (tertiary/aromatic N) is 2. The summed E-state index contributed by atoms with van der Waals surface area (Å²) in [6.45, 7) is 20.1. The lowest BCUT2D eigenvalue weighted by atomic mass is 9.34. The van der Waals surface area contributed by atoms with Crippen molar-refractivity contribution in [3.63, 3.8) is 0 Å². The van der Waals surface area contributed by atoms with Crippen LogP contribution in [-0.2, 0) is 5.41 Å². The Balaban J connectivity index is 1.35. The molecule has 276 valence electrons. The number of ether oxygens (including phenoxy) is 1. The predicted octanol–water partition coefficient (Wildman–Crippen LogP) is 11.7. The molecule has 0 saturated heterocycles. The van der Waals surface area contributed by atoms with Gasteiger partial charge >= 0.3 is 0 Å². The SMILES string of the molecule is Cc1cc(C)c(-c2ccc3c(c2)c2cc(-c4c(C)cc(C)cc4C)cc4c2n3-c2cc(-c3ccc(C#N)cc3)cc3c2B4c2ccc(C(C)(C)C)cc2O3)c(C)c1. The first-order valence-corrected chi connectivity index (χ1v) is 20.1. The van der Waals surface area contributed by atoms with Crippen LogP contribution in [-0.4, -0.2) is 11.3 Å². The molecule has 0 amide bonds. The van der Waals surface area contributed by atoms with E-state index in [1.165, 1.54) is 99.4 Å². The molecule has 0 bridgehead atoms. The van der Waals surface area contributed by atoms with Gasteiger partial charge < -0.3 is 9.30 Å². The van der Waals surface area contributed by atoms with Crippen LogP contribution in [0.5, 0.6) is 11.5 Å². The highest BCUT2D eigenvalue weighted by molar-refractivity contribution is 6.99. The first-order chi connectivity index (χ1) is 27.3. The third-order valence-electron chi connectivity index (χ3n) is 12.5. The monoisotopic (exact) mass is 736 g/mol. The minimum atomic E-state index is -0.0350. The number of aromatic nitrogens is 1.